The molecule has 0 saturated carbocycles. The van der Waals surface area contributed by atoms with Gasteiger partial charge in [0.05, 0.1) is 0 Å². The average molecular weight is 239 g/mol. The van der Waals surface area contributed by atoms with Crippen LogP contribution in [0.4, 0.5) is 0 Å². The first kappa shape index (κ1) is 12.8. The van der Waals surface area contributed by atoms with E-state index in [9.17, 15) is 0 Å². The van der Waals surface area contributed by atoms with Gasteiger partial charge in [0.2, 0.25) is 0 Å². The van der Waals surface area contributed by atoms with Gasteiger partial charge in [-0.05, 0) is 41.0 Å². The summed E-state index contributed by atoms with van der Waals surface area (Å²) in [6.07, 6.45) is 4.87. The molecule has 1 heterocycles. The minimum Gasteiger partial charge on any atom is -0.264 e. The molecule has 0 N–H and O–H groups in total. The van der Waals surface area contributed by atoms with Gasteiger partial charge in [-0.3, -0.25) is 4.98 Å². The Morgan fingerprint density at radius 3 is 2.44 bits per heavy atom. The summed E-state index contributed by atoms with van der Waals surface area (Å²) < 4.78 is 0. The van der Waals surface area contributed by atoms with E-state index in [4.69, 9.17) is 0 Å². The van der Waals surface area contributed by atoms with E-state index in [0.717, 1.165) is 6.42 Å². The molecule has 94 valence electrons. The Morgan fingerprint density at radius 2 is 1.78 bits per heavy atom. The van der Waals surface area contributed by atoms with Gasteiger partial charge in [0, 0.05) is 12.4 Å². The van der Waals surface area contributed by atoms with Gasteiger partial charge in [-0.15, -0.1) is 0 Å². The third-order valence-corrected chi connectivity index (χ3v) is 3.41. The Balaban J connectivity index is 2.12. The summed E-state index contributed by atoms with van der Waals surface area (Å²) in [6, 6.07) is 13.1. The van der Waals surface area contributed by atoms with Crippen molar-refractivity contribution in [1.82, 2.24) is 4.98 Å². The zero-order valence-electron chi connectivity index (χ0n) is 11.4. The molecule has 1 aromatic carbocycles. The summed E-state index contributed by atoms with van der Waals surface area (Å²) in [7, 11) is 0. The highest BCUT2D eigenvalue weighted by atomic mass is 14.6. The van der Waals surface area contributed by atoms with Crippen molar-refractivity contribution >= 4 is 0 Å². The Labute approximate surface area is 110 Å². The Bertz CT molecular complexity index is 488. The van der Waals surface area contributed by atoms with Crippen LogP contribution in [0.25, 0.3) is 0 Å². The zero-order chi connectivity index (χ0) is 13.0. The van der Waals surface area contributed by atoms with Crippen molar-refractivity contribution in [1.29, 1.82) is 0 Å². The Kier molecular flexibility index (Phi) is 4.14. The molecule has 0 radical (unpaired) electrons. The van der Waals surface area contributed by atoms with E-state index in [1.54, 1.807) is 0 Å². The van der Waals surface area contributed by atoms with Crippen molar-refractivity contribution in [2.75, 3.05) is 0 Å². The quantitative estimate of drug-likeness (QED) is 0.762. The Hall–Kier alpha value is -1.63. The van der Waals surface area contributed by atoms with Crippen LogP contribution in [0.2, 0.25) is 0 Å². The van der Waals surface area contributed by atoms with Crippen molar-refractivity contribution in [3.8, 4) is 0 Å². The molecule has 0 aliphatic heterocycles. The second kappa shape index (κ2) is 5.81. The van der Waals surface area contributed by atoms with Gasteiger partial charge in [0.1, 0.15) is 0 Å². The lowest BCUT2D eigenvalue weighted by Crippen LogP contribution is -2.00. The summed E-state index contributed by atoms with van der Waals surface area (Å²) in [5, 5.41) is 0. The number of aromatic nitrogens is 1. The summed E-state index contributed by atoms with van der Waals surface area (Å²) >= 11 is 0. The van der Waals surface area contributed by atoms with Crippen molar-refractivity contribution in [3.05, 3.63) is 65.5 Å². The van der Waals surface area contributed by atoms with Crippen molar-refractivity contribution < 1.29 is 0 Å². The van der Waals surface area contributed by atoms with Crippen molar-refractivity contribution in [2.45, 2.75) is 39.0 Å². The topological polar surface area (TPSA) is 12.9 Å². The van der Waals surface area contributed by atoms with E-state index in [0.29, 0.717) is 11.8 Å². The molecule has 0 spiro atoms. The molecule has 2 rings (SSSR count). The lowest BCUT2D eigenvalue weighted by molar-refractivity contribution is 0.751. The molecule has 0 saturated heterocycles. The molecule has 1 atom stereocenters. The van der Waals surface area contributed by atoms with Crippen LogP contribution in [0.15, 0.2) is 48.8 Å². The second-order valence-corrected chi connectivity index (χ2v) is 5.29. The standard InChI is InChI=1S/C17H21N/c1-13(2)16-7-4-6-15(11-16)10-14(3)17-8-5-9-18-12-17/h4-9,11-14H,10H2,1-3H3. The van der Waals surface area contributed by atoms with Crippen LogP contribution in [0.5, 0.6) is 0 Å². The number of hydrogen-bond acceptors (Lipinski definition) is 1. The SMILES string of the molecule is CC(C)c1cccc(CC(C)c2cccnc2)c1. The van der Waals surface area contributed by atoms with Crippen LogP contribution in [-0.4, -0.2) is 4.98 Å². The normalized spacial score (nSPS) is 12.7. The average Bonchev–Trinajstić information content (AvgIpc) is 2.40. The van der Waals surface area contributed by atoms with Crippen molar-refractivity contribution in [2.24, 2.45) is 0 Å². The molecule has 0 amide bonds. The number of rotatable bonds is 4. The monoisotopic (exact) mass is 239 g/mol. The highest BCUT2D eigenvalue weighted by Crippen LogP contribution is 2.22. The second-order valence-electron chi connectivity index (χ2n) is 5.29. The van der Waals surface area contributed by atoms with Crippen molar-refractivity contribution in [3.63, 3.8) is 0 Å². The molecule has 1 heteroatoms. The fourth-order valence-corrected chi connectivity index (χ4v) is 2.22. The van der Waals surface area contributed by atoms with Gasteiger partial charge in [-0.2, -0.15) is 0 Å². The predicted octanol–water partition coefficient (Wildman–Crippen LogP) is 4.55. The van der Waals surface area contributed by atoms with Gasteiger partial charge in [-0.25, -0.2) is 0 Å². The summed E-state index contributed by atoms with van der Waals surface area (Å²) in [6.45, 7) is 6.74. The Morgan fingerprint density at radius 1 is 1.00 bits per heavy atom. The van der Waals surface area contributed by atoms with E-state index in [1.165, 1.54) is 16.7 Å². The summed E-state index contributed by atoms with van der Waals surface area (Å²) in [5.74, 6) is 1.11. The van der Waals surface area contributed by atoms with E-state index in [2.05, 4.69) is 56.1 Å². The van der Waals surface area contributed by atoms with E-state index < -0.39 is 0 Å². The van der Waals surface area contributed by atoms with Gasteiger partial charge in [0.25, 0.3) is 0 Å². The highest BCUT2D eigenvalue weighted by molar-refractivity contribution is 5.28. The van der Waals surface area contributed by atoms with Crippen LogP contribution in [0.3, 0.4) is 0 Å². The molecule has 2 aromatic rings. The molecule has 0 bridgehead atoms. The molecule has 0 aliphatic carbocycles. The molecule has 1 unspecified atom stereocenters. The van der Waals surface area contributed by atoms with Gasteiger partial charge >= 0.3 is 0 Å². The maximum absolute atomic E-state index is 4.19. The van der Waals surface area contributed by atoms with E-state index in [1.807, 2.05) is 18.5 Å². The molecule has 1 nitrogen and oxygen atoms in total. The van der Waals surface area contributed by atoms with Gasteiger partial charge < -0.3 is 0 Å². The number of pyridine rings is 1. The lowest BCUT2D eigenvalue weighted by atomic mass is 9.92. The number of hydrogen-bond donors (Lipinski definition) is 0. The molecular weight excluding hydrogens is 218 g/mol. The lowest BCUT2D eigenvalue weighted by Gasteiger charge is -2.13. The van der Waals surface area contributed by atoms with E-state index >= 15 is 0 Å². The predicted molar refractivity (Wildman–Crippen MR) is 76.9 cm³/mol. The number of nitrogens with zero attached hydrogens (tertiary/aromatic N) is 1. The summed E-state index contributed by atoms with van der Waals surface area (Å²) in [5.41, 5.74) is 4.15. The van der Waals surface area contributed by atoms with Crippen LogP contribution in [0, 0.1) is 0 Å². The van der Waals surface area contributed by atoms with Crippen LogP contribution >= 0.6 is 0 Å². The smallest absolute Gasteiger partial charge is 0.0302 e. The maximum Gasteiger partial charge on any atom is 0.0302 e. The number of benzene rings is 1. The van der Waals surface area contributed by atoms with Crippen LogP contribution in [-0.2, 0) is 6.42 Å². The summed E-state index contributed by atoms with van der Waals surface area (Å²) in [4.78, 5) is 4.19. The van der Waals surface area contributed by atoms with Crippen LogP contribution < -0.4 is 0 Å². The van der Waals surface area contributed by atoms with Crippen LogP contribution in [0.1, 0.15) is 49.3 Å². The first-order valence-corrected chi connectivity index (χ1v) is 6.65. The fraction of sp³-hybridized carbons (Fsp3) is 0.353. The van der Waals surface area contributed by atoms with Gasteiger partial charge in [-0.1, -0.05) is 51.1 Å². The third-order valence-electron chi connectivity index (χ3n) is 3.41. The molecule has 0 aliphatic rings. The first-order valence-electron chi connectivity index (χ1n) is 6.65. The molecule has 18 heavy (non-hydrogen) atoms. The minimum atomic E-state index is 0.515. The van der Waals surface area contributed by atoms with E-state index in [-0.39, 0.29) is 0 Å². The van der Waals surface area contributed by atoms with Gasteiger partial charge in [0.15, 0.2) is 0 Å². The first-order chi connectivity index (χ1) is 8.66. The highest BCUT2D eigenvalue weighted by Gasteiger charge is 2.07. The molecule has 1 aromatic heterocycles. The maximum atomic E-state index is 4.19. The molecule has 0 fully saturated rings. The minimum absolute atomic E-state index is 0.515. The largest absolute Gasteiger partial charge is 0.264 e. The third kappa shape index (κ3) is 3.19. The molecular formula is C17H21N. The fourth-order valence-electron chi connectivity index (χ4n) is 2.22. The zero-order valence-corrected chi connectivity index (χ0v) is 11.4.